The third-order valence-corrected chi connectivity index (χ3v) is 2.61. The molecule has 0 fully saturated rings. The summed E-state index contributed by atoms with van der Waals surface area (Å²) >= 11 is 5.31. The molecular formula is C13H11ClO. The Morgan fingerprint density at radius 3 is 2.53 bits per heavy atom. The van der Waals surface area contributed by atoms with Gasteiger partial charge in [-0.3, -0.25) is 4.79 Å². The van der Waals surface area contributed by atoms with E-state index < -0.39 is 0 Å². The van der Waals surface area contributed by atoms with Crippen molar-refractivity contribution in [3.05, 3.63) is 48.0 Å². The molecule has 0 radical (unpaired) electrons. The molecule has 76 valence electrons. The highest BCUT2D eigenvalue weighted by molar-refractivity contribution is 6.63. The predicted molar refractivity (Wildman–Crippen MR) is 63.1 cm³/mol. The van der Waals surface area contributed by atoms with Crippen molar-refractivity contribution in [2.75, 3.05) is 0 Å². The average Bonchev–Trinajstić information content (AvgIpc) is 2.26. The molecule has 0 saturated heterocycles. The highest BCUT2D eigenvalue weighted by atomic mass is 35.5. The van der Waals surface area contributed by atoms with E-state index in [2.05, 4.69) is 24.3 Å². The molecule has 2 aromatic carbocycles. The fourth-order valence-corrected chi connectivity index (χ4v) is 1.73. The van der Waals surface area contributed by atoms with Crippen LogP contribution in [0.5, 0.6) is 0 Å². The van der Waals surface area contributed by atoms with E-state index in [-0.39, 0.29) is 5.24 Å². The Morgan fingerprint density at radius 1 is 1.07 bits per heavy atom. The third kappa shape index (κ3) is 2.57. The average molecular weight is 219 g/mol. The zero-order valence-electron chi connectivity index (χ0n) is 8.24. The van der Waals surface area contributed by atoms with Gasteiger partial charge in [-0.2, -0.15) is 0 Å². The van der Waals surface area contributed by atoms with Crippen molar-refractivity contribution in [1.29, 1.82) is 0 Å². The van der Waals surface area contributed by atoms with Gasteiger partial charge in [-0.05, 0) is 34.4 Å². The summed E-state index contributed by atoms with van der Waals surface area (Å²) in [6, 6.07) is 14.4. The van der Waals surface area contributed by atoms with E-state index in [1.165, 1.54) is 10.8 Å². The summed E-state index contributed by atoms with van der Waals surface area (Å²) in [5.74, 6) is 0. The first-order chi connectivity index (χ1) is 7.25. The standard InChI is InChI=1S/C13H11ClO/c14-13(15)8-6-10-5-7-11-3-1-2-4-12(11)9-10/h1-5,7,9H,6,8H2. The van der Waals surface area contributed by atoms with Crippen molar-refractivity contribution in [1.82, 2.24) is 0 Å². The largest absolute Gasteiger partial charge is 0.281 e. The summed E-state index contributed by atoms with van der Waals surface area (Å²) in [5.41, 5.74) is 1.16. The Kier molecular flexibility index (Phi) is 3.02. The van der Waals surface area contributed by atoms with Crippen LogP contribution in [0.25, 0.3) is 10.8 Å². The van der Waals surface area contributed by atoms with E-state index in [9.17, 15) is 4.79 Å². The second-order valence-corrected chi connectivity index (χ2v) is 3.96. The van der Waals surface area contributed by atoms with Crippen LogP contribution in [-0.2, 0) is 11.2 Å². The van der Waals surface area contributed by atoms with Crippen molar-refractivity contribution in [2.45, 2.75) is 12.8 Å². The number of hydrogen-bond acceptors (Lipinski definition) is 1. The van der Waals surface area contributed by atoms with Gasteiger partial charge in [-0.25, -0.2) is 0 Å². The minimum absolute atomic E-state index is 0.275. The van der Waals surface area contributed by atoms with Crippen molar-refractivity contribution in [2.24, 2.45) is 0 Å². The first kappa shape index (κ1) is 10.2. The van der Waals surface area contributed by atoms with Crippen LogP contribution in [-0.4, -0.2) is 5.24 Å². The quantitative estimate of drug-likeness (QED) is 0.721. The molecule has 0 aromatic heterocycles. The molecule has 0 aliphatic rings. The summed E-state index contributed by atoms with van der Waals surface area (Å²) < 4.78 is 0. The van der Waals surface area contributed by atoms with Gasteiger partial charge in [-0.1, -0.05) is 42.5 Å². The molecule has 1 nitrogen and oxygen atoms in total. The molecule has 0 atom stereocenters. The van der Waals surface area contributed by atoms with E-state index in [1.54, 1.807) is 0 Å². The Hall–Kier alpha value is -1.34. The number of benzene rings is 2. The molecule has 2 heteroatoms. The van der Waals surface area contributed by atoms with Crippen LogP contribution in [0.4, 0.5) is 0 Å². The van der Waals surface area contributed by atoms with E-state index >= 15 is 0 Å². The van der Waals surface area contributed by atoms with Crippen LogP contribution in [0.15, 0.2) is 42.5 Å². The molecule has 2 rings (SSSR count). The van der Waals surface area contributed by atoms with Crippen LogP contribution < -0.4 is 0 Å². The zero-order chi connectivity index (χ0) is 10.7. The molecule has 15 heavy (non-hydrogen) atoms. The summed E-state index contributed by atoms with van der Waals surface area (Å²) in [5, 5.41) is 2.15. The monoisotopic (exact) mass is 218 g/mol. The molecule has 0 unspecified atom stereocenters. The maximum atomic E-state index is 10.6. The van der Waals surface area contributed by atoms with Gasteiger partial charge >= 0.3 is 0 Å². The number of hydrogen-bond donors (Lipinski definition) is 0. The van der Waals surface area contributed by atoms with Crippen LogP contribution in [0.2, 0.25) is 0 Å². The molecule has 2 aromatic rings. The van der Waals surface area contributed by atoms with Gasteiger partial charge in [-0.15, -0.1) is 0 Å². The lowest BCUT2D eigenvalue weighted by atomic mass is 10.0. The van der Waals surface area contributed by atoms with Crippen molar-refractivity contribution >= 4 is 27.6 Å². The van der Waals surface area contributed by atoms with E-state index in [1.807, 2.05) is 18.2 Å². The lowest BCUT2D eigenvalue weighted by Crippen LogP contribution is -1.91. The lowest BCUT2D eigenvalue weighted by Gasteiger charge is -2.01. The van der Waals surface area contributed by atoms with Crippen LogP contribution in [0, 0.1) is 0 Å². The van der Waals surface area contributed by atoms with E-state index in [4.69, 9.17) is 11.6 Å². The smallest absolute Gasteiger partial charge is 0.221 e. The van der Waals surface area contributed by atoms with E-state index in [0.29, 0.717) is 12.8 Å². The number of halogens is 1. The maximum Gasteiger partial charge on any atom is 0.221 e. The predicted octanol–water partition coefficient (Wildman–Crippen LogP) is 3.54. The van der Waals surface area contributed by atoms with Gasteiger partial charge in [0.2, 0.25) is 5.24 Å². The lowest BCUT2D eigenvalue weighted by molar-refractivity contribution is -0.111. The summed E-state index contributed by atoms with van der Waals surface area (Å²) in [6.07, 6.45) is 1.12. The maximum absolute atomic E-state index is 10.6. The summed E-state index contributed by atoms with van der Waals surface area (Å²) in [7, 11) is 0. The van der Waals surface area contributed by atoms with Crippen molar-refractivity contribution in [3.8, 4) is 0 Å². The molecule has 0 heterocycles. The first-order valence-electron chi connectivity index (χ1n) is 4.92. The highest BCUT2D eigenvalue weighted by Gasteiger charge is 1.99. The van der Waals surface area contributed by atoms with Gasteiger partial charge < -0.3 is 0 Å². The van der Waals surface area contributed by atoms with Gasteiger partial charge in [0.1, 0.15) is 0 Å². The molecule has 0 amide bonds. The van der Waals surface area contributed by atoms with Crippen molar-refractivity contribution < 1.29 is 4.79 Å². The third-order valence-electron chi connectivity index (χ3n) is 2.42. The van der Waals surface area contributed by atoms with Gasteiger partial charge in [0.05, 0.1) is 0 Å². The number of fused-ring (bicyclic) bond motifs is 1. The molecule has 0 bridgehead atoms. The number of carbonyl (C=O) groups excluding carboxylic acids is 1. The molecule has 0 spiro atoms. The Labute approximate surface area is 93.7 Å². The van der Waals surface area contributed by atoms with Gasteiger partial charge in [0.25, 0.3) is 0 Å². The topological polar surface area (TPSA) is 17.1 Å². The molecule has 0 aliphatic heterocycles. The summed E-state index contributed by atoms with van der Waals surface area (Å²) in [6.45, 7) is 0. The number of rotatable bonds is 3. The molecule has 0 saturated carbocycles. The normalized spacial score (nSPS) is 10.5. The fraction of sp³-hybridized carbons (Fsp3) is 0.154. The number of carbonyl (C=O) groups is 1. The fourth-order valence-electron chi connectivity index (χ4n) is 1.64. The van der Waals surface area contributed by atoms with Crippen LogP contribution >= 0.6 is 11.6 Å². The van der Waals surface area contributed by atoms with Crippen molar-refractivity contribution in [3.63, 3.8) is 0 Å². The SMILES string of the molecule is O=C(Cl)CCc1ccc2ccccc2c1. The van der Waals surface area contributed by atoms with E-state index in [0.717, 1.165) is 5.56 Å². The van der Waals surface area contributed by atoms with Gasteiger partial charge in [0, 0.05) is 6.42 Å². The van der Waals surface area contributed by atoms with Crippen LogP contribution in [0.1, 0.15) is 12.0 Å². The molecule has 0 N–H and O–H groups in total. The van der Waals surface area contributed by atoms with Gasteiger partial charge in [0.15, 0.2) is 0 Å². The Morgan fingerprint density at radius 2 is 1.80 bits per heavy atom. The first-order valence-corrected chi connectivity index (χ1v) is 5.29. The molecular weight excluding hydrogens is 208 g/mol. The Balaban J connectivity index is 2.26. The minimum Gasteiger partial charge on any atom is -0.281 e. The minimum atomic E-state index is -0.275. The molecule has 0 aliphatic carbocycles. The zero-order valence-corrected chi connectivity index (χ0v) is 9.00. The van der Waals surface area contributed by atoms with Crippen LogP contribution in [0.3, 0.4) is 0 Å². The number of aryl methyl sites for hydroxylation is 1. The second-order valence-electron chi connectivity index (χ2n) is 3.54. The Bertz CT molecular complexity index is 491. The summed E-state index contributed by atoms with van der Waals surface area (Å²) in [4.78, 5) is 10.6. The highest BCUT2D eigenvalue weighted by Crippen LogP contribution is 2.16. The second kappa shape index (κ2) is 4.45.